The lowest BCUT2D eigenvalue weighted by atomic mass is 10.1. The zero-order valence-electron chi connectivity index (χ0n) is 8.13. The fourth-order valence-electron chi connectivity index (χ4n) is 1.83. The summed E-state index contributed by atoms with van der Waals surface area (Å²) in [6.45, 7) is 2.76. The molecule has 1 aromatic rings. The first-order valence-corrected chi connectivity index (χ1v) is 4.78. The molecule has 4 N–H and O–H groups in total. The van der Waals surface area contributed by atoms with Gasteiger partial charge in [-0.05, 0) is 26.3 Å². The minimum absolute atomic E-state index is 0.138. The summed E-state index contributed by atoms with van der Waals surface area (Å²) in [5.41, 5.74) is 6.82. The summed E-state index contributed by atoms with van der Waals surface area (Å²) in [6.07, 6.45) is 2.15. The van der Waals surface area contributed by atoms with Crippen LogP contribution in [0.4, 0.5) is 5.95 Å². The number of hydrogen-bond donors (Lipinski definition) is 3. The number of rotatable bonds is 1. The van der Waals surface area contributed by atoms with Crippen LogP contribution in [-0.4, -0.2) is 16.5 Å². The van der Waals surface area contributed by atoms with Crippen LogP contribution in [0.15, 0.2) is 4.79 Å². The number of nitrogens with zero attached hydrogens (tertiary/aromatic N) is 1. The summed E-state index contributed by atoms with van der Waals surface area (Å²) in [5, 5.41) is 3.30. The molecule has 1 aliphatic heterocycles. The van der Waals surface area contributed by atoms with E-state index >= 15 is 0 Å². The number of nitrogens with one attached hydrogen (secondary N) is 2. The second kappa shape index (κ2) is 3.42. The SMILES string of the molecule is Cc1c(C2CCCN2)nc(N)[nH]c1=O. The molecule has 1 aliphatic rings. The van der Waals surface area contributed by atoms with Gasteiger partial charge in [0.25, 0.3) is 5.56 Å². The maximum Gasteiger partial charge on any atom is 0.255 e. The highest BCUT2D eigenvalue weighted by Gasteiger charge is 2.20. The average Bonchev–Trinajstić information content (AvgIpc) is 2.63. The van der Waals surface area contributed by atoms with Crippen molar-refractivity contribution in [2.75, 3.05) is 12.3 Å². The van der Waals surface area contributed by atoms with Crippen molar-refractivity contribution in [1.29, 1.82) is 0 Å². The molecule has 1 unspecified atom stereocenters. The van der Waals surface area contributed by atoms with E-state index in [-0.39, 0.29) is 17.5 Å². The molecule has 0 amide bonds. The van der Waals surface area contributed by atoms with Crippen LogP contribution in [-0.2, 0) is 0 Å². The summed E-state index contributed by atoms with van der Waals surface area (Å²) in [7, 11) is 0. The summed E-state index contributed by atoms with van der Waals surface area (Å²) in [5.74, 6) is 0.198. The summed E-state index contributed by atoms with van der Waals surface area (Å²) >= 11 is 0. The molecule has 2 heterocycles. The lowest BCUT2D eigenvalue weighted by molar-refractivity contribution is 0.620. The number of hydrogen-bond acceptors (Lipinski definition) is 4. The normalized spacial score (nSPS) is 21.4. The van der Waals surface area contributed by atoms with E-state index in [0.29, 0.717) is 5.56 Å². The van der Waals surface area contributed by atoms with Crippen LogP contribution in [0.3, 0.4) is 0 Å². The molecule has 5 heteroatoms. The molecule has 76 valence electrons. The van der Waals surface area contributed by atoms with Crippen molar-refractivity contribution in [1.82, 2.24) is 15.3 Å². The Labute approximate surface area is 81.7 Å². The molecule has 1 aromatic heterocycles. The second-order valence-corrected chi connectivity index (χ2v) is 3.61. The van der Waals surface area contributed by atoms with Crippen LogP contribution in [0.2, 0.25) is 0 Å². The third kappa shape index (κ3) is 1.50. The van der Waals surface area contributed by atoms with Crippen LogP contribution >= 0.6 is 0 Å². The van der Waals surface area contributed by atoms with Gasteiger partial charge in [-0.1, -0.05) is 0 Å². The van der Waals surface area contributed by atoms with Crippen LogP contribution < -0.4 is 16.6 Å². The molecule has 0 aromatic carbocycles. The maximum absolute atomic E-state index is 11.4. The Morgan fingerprint density at radius 3 is 3.00 bits per heavy atom. The summed E-state index contributed by atoms with van der Waals surface area (Å²) < 4.78 is 0. The van der Waals surface area contributed by atoms with Crippen LogP contribution in [0, 0.1) is 6.92 Å². The lowest BCUT2D eigenvalue weighted by Crippen LogP contribution is -2.23. The van der Waals surface area contributed by atoms with Gasteiger partial charge in [-0.2, -0.15) is 0 Å². The highest BCUT2D eigenvalue weighted by Crippen LogP contribution is 2.22. The first kappa shape index (κ1) is 9.21. The van der Waals surface area contributed by atoms with Gasteiger partial charge in [-0.3, -0.25) is 9.78 Å². The van der Waals surface area contributed by atoms with E-state index in [1.807, 2.05) is 0 Å². The maximum atomic E-state index is 11.4. The molecule has 0 spiro atoms. The van der Waals surface area contributed by atoms with Gasteiger partial charge >= 0.3 is 0 Å². The Balaban J connectivity index is 2.45. The van der Waals surface area contributed by atoms with Gasteiger partial charge in [-0.25, -0.2) is 4.98 Å². The van der Waals surface area contributed by atoms with Gasteiger partial charge in [0.1, 0.15) is 0 Å². The number of nitrogen functional groups attached to an aromatic ring is 1. The minimum Gasteiger partial charge on any atom is -0.369 e. The number of anilines is 1. The zero-order valence-corrected chi connectivity index (χ0v) is 8.13. The van der Waals surface area contributed by atoms with Crippen molar-refractivity contribution in [2.24, 2.45) is 0 Å². The van der Waals surface area contributed by atoms with Crippen LogP contribution in [0.25, 0.3) is 0 Å². The predicted molar refractivity (Wildman–Crippen MR) is 54.0 cm³/mol. The molecule has 1 saturated heterocycles. The molecular formula is C9H14N4O. The Morgan fingerprint density at radius 1 is 1.57 bits per heavy atom. The average molecular weight is 194 g/mol. The molecule has 14 heavy (non-hydrogen) atoms. The van der Waals surface area contributed by atoms with E-state index in [9.17, 15) is 4.79 Å². The van der Waals surface area contributed by atoms with Crippen molar-refractivity contribution >= 4 is 5.95 Å². The van der Waals surface area contributed by atoms with Crippen LogP contribution in [0.5, 0.6) is 0 Å². The fourth-order valence-corrected chi connectivity index (χ4v) is 1.83. The number of H-pyrrole nitrogens is 1. The van der Waals surface area contributed by atoms with Gasteiger partial charge < -0.3 is 11.1 Å². The van der Waals surface area contributed by atoms with E-state index in [1.54, 1.807) is 6.92 Å². The molecular weight excluding hydrogens is 180 g/mol. The number of aromatic nitrogens is 2. The molecule has 1 atom stereocenters. The standard InChI is InChI=1S/C9H14N4O/c1-5-7(6-3-2-4-11-6)12-9(10)13-8(5)14/h6,11H,2-4H2,1H3,(H3,10,12,13,14). The van der Waals surface area contributed by atoms with E-state index in [4.69, 9.17) is 5.73 Å². The van der Waals surface area contributed by atoms with Crippen molar-refractivity contribution in [2.45, 2.75) is 25.8 Å². The van der Waals surface area contributed by atoms with Gasteiger partial charge in [-0.15, -0.1) is 0 Å². The van der Waals surface area contributed by atoms with Gasteiger partial charge in [0, 0.05) is 5.56 Å². The third-order valence-electron chi connectivity index (χ3n) is 2.60. The molecule has 2 rings (SSSR count). The first-order chi connectivity index (χ1) is 6.68. The minimum atomic E-state index is -0.138. The quantitative estimate of drug-likeness (QED) is 0.591. The lowest BCUT2D eigenvalue weighted by Gasteiger charge is -2.11. The van der Waals surface area contributed by atoms with Gasteiger partial charge in [0.05, 0.1) is 11.7 Å². The number of aromatic amines is 1. The highest BCUT2D eigenvalue weighted by atomic mass is 16.1. The molecule has 1 fully saturated rings. The molecule has 0 radical (unpaired) electrons. The molecule has 0 saturated carbocycles. The Kier molecular flexibility index (Phi) is 2.25. The van der Waals surface area contributed by atoms with Gasteiger partial charge in [0.15, 0.2) is 0 Å². The smallest absolute Gasteiger partial charge is 0.255 e. The van der Waals surface area contributed by atoms with Crippen LogP contribution in [0.1, 0.15) is 30.1 Å². The number of nitrogens with two attached hydrogens (primary N) is 1. The Bertz CT molecular complexity index is 392. The zero-order chi connectivity index (χ0) is 10.1. The fraction of sp³-hybridized carbons (Fsp3) is 0.556. The van der Waals surface area contributed by atoms with Crippen molar-refractivity contribution in [3.8, 4) is 0 Å². The van der Waals surface area contributed by atoms with Crippen molar-refractivity contribution < 1.29 is 0 Å². The summed E-state index contributed by atoms with van der Waals surface area (Å²) in [4.78, 5) is 18.1. The predicted octanol–water partition coefficient (Wildman–Crippen LogP) is 0.0850. The Hall–Kier alpha value is -1.36. The van der Waals surface area contributed by atoms with Gasteiger partial charge in [0.2, 0.25) is 5.95 Å². The monoisotopic (exact) mass is 194 g/mol. The molecule has 0 bridgehead atoms. The molecule has 5 nitrogen and oxygen atoms in total. The highest BCUT2D eigenvalue weighted by molar-refractivity contribution is 5.27. The van der Waals surface area contributed by atoms with Crippen molar-refractivity contribution in [3.05, 3.63) is 21.6 Å². The van der Waals surface area contributed by atoms with E-state index < -0.39 is 0 Å². The topological polar surface area (TPSA) is 83.8 Å². The first-order valence-electron chi connectivity index (χ1n) is 4.78. The largest absolute Gasteiger partial charge is 0.369 e. The van der Waals surface area contributed by atoms with Crippen molar-refractivity contribution in [3.63, 3.8) is 0 Å². The Morgan fingerprint density at radius 2 is 2.36 bits per heavy atom. The van der Waals surface area contributed by atoms with E-state index in [0.717, 1.165) is 25.1 Å². The van der Waals surface area contributed by atoms with E-state index in [2.05, 4.69) is 15.3 Å². The molecule has 0 aliphatic carbocycles. The second-order valence-electron chi connectivity index (χ2n) is 3.61. The summed E-state index contributed by atoms with van der Waals surface area (Å²) in [6, 6.07) is 0.194. The van der Waals surface area contributed by atoms with E-state index in [1.165, 1.54) is 0 Å². The third-order valence-corrected chi connectivity index (χ3v) is 2.60.